The quantitative estimate of drug-likeness (QED) is 0.716. The molecule has 1 aliphatic heterocycles. The number of carbonyl (C=O) groups excluding carboxylic acids is 1. The summed E-state index contributed by atoms with van der Waals surface area (Å²) in [4.78, 5) is 18.5. The van der Waals surface area contributed by atoms with Gasteiger partial charge in [0.2, 0.25) is 0 Å². The average molecular weight is 340 g/mol. The van der Waals surface area contributed by atoms with Gasteiger partial charge < -0.3 is 9.42 Å². The molecular formula is C18H14ClN3O2. The summed E-state index contributed by atoms with van der Waals surface area (Å²) in [5, 5.41) is 4.86. The van der Waals surface area contributed by atoms with Crippen molar-refractivity contribution < 1.29 is 9.32 Å². The predicted molar refractivity (Wildman–Crippen MR) is 89.6 cm³/mol. The Morgan fingerprint density at radius 1 is 1.17 bits per heavy atom. The molecule has 3 aromatic rings. The monoisotopic (exact) mass is 339 g/mol. The molecule has 24 heavy (non-hydrogen) atoms. The van der Waals surface area contributed by atoms with Crippen LogP contribution in [0.2, 0.25) is 5.02 Å². The number of pyridine rings is 1. The Labute approximate surface area is 143 Å². The van der Waals surface area contributed by atoms with Crippen molar-refractivity contribution in [3.63, 3.8) is 0 Å². The summed E-state index contributed by atoms with van der Waals surface area (Å²) in [5.41, 5.74) is 3.09. The molecule has 0 unspecified atom stereocenters. The van der Waals surface area contributed by atoms with E-state index in [-0.39, 0.29) is 5.91 Å². The minimum Gasteiger partial charge on any atom is -0.360 e. The van der Waals surface area contributed by atoms with Crippen molar-refractivity contribution in [1.29, 1.82) is 0 Å². The van der Waals surface area contributed by atoms with E-state index in [2.05, 4.69) is 10.1 Å². The second kappa shape index (κ2) is 6.09. The summed E-state index contributed by atoms with van der Waals surface area (Å²) in [6.45, 7) is 1.06. The van der Waals surface area contributed by atoms with Gasteiger partial charge in [-0.3, -0.25) is 9.78 Å². The van der Waals surface area contributed by atoms with Gasteiger partial charge in [-0.2, -0.15) is 0 Å². The van der Waals surface area contributed by atoms with E-state index in [0.717, 1.165) is 22.6 Å². The number of nitrogens with zero attached hydrogens (tertiary/aromatic N) is 3. The first kappa shape index (κ1) is 14.9. The van der Waals surface area contributed by atoms with Crippen molar-refractivity contribution in [2.24, 2.45) is 0 Å². The standard InChI is InChI=1S/C18H14ClN3O2/c19-13-6-4-12(5-7-13)17-14-11-22(10-8-16(14)24-21-17)18(23)15-3-1-2-9-20-15/h1-7,9H,8,10-11H2. The van der Waals surface area contributed by atoms with Crippen LogP contribution < -0.4 is 0 Å². The summed E-state index contributed by atoms with van der Waals surface area (Å²) in [6, 6.07) is 12.8. The van der Waals surface area contributed by atoms with E-state index in [1.165, 1.54) is 0 Å². The average Bonchev–Trinajstić information content (AvgIpc) is 3.05. The second-order valence-corrected chi connectivity index (χ2v) is 6.07. The maximum Gasteiger partial charge on any atom is 0.272 e. The van der Waals surface area contributed by atoms with E-state index in [9.17, 15) is 4.79 Å². The topological polar surface area (TPSA) is 59.2 Å². The SMILES string of the molecule is O=C(c1ccccn1)N1CCc2onc(-c3ccc(Cl)cc3)c2C1. The zero-order valence-corrected chi connectivity index (χ0v) is 13.5. The Bertz CT molecular complexity index is 875. The van der Waals surface area contributed by atoms with Crippen LogP contribution in [-0.4, -0.2) is 27.5 Å². The second-order valence-electron chi connectivity index (χ2n) is 5.63. The van der Waals surface area contributed by atoms with E-state index in [1.54, 1.807) is 23.2 Å². The van der Waals surface area contributed by atoms with Gasteiger partial charge in [-0.15, -0.1) is 0 Å². The lowest BCUT2D eigenvalue weighted by Crippen LogP contribution is -2.36. The van der Waals surface area contributed by atoms with Gasteiger partial charge in [-0.05, 0) is 24.3 Å². The lowest BCUT2D eigenvalue weighted by Gasteiger charge is -2.26. The molecule has 0 bridgehead atoms. The van der Waals surface area contributed by atoms with Crippen molar-refractivity contribution in [3.8, 4) is 11.3 Å². The van der Waals surface area contributed by atoms with Crippen molar-refractivity contribution in [1.82, 2.24) is 15.0 Å². The Kier molecular flexibility index (Phi) is 3.78. The molecule has 5 nitrogen and oxygen atoms in total. The van der Waals surface area contributed by atoms with Crippen LogP contribution in [0.25, 0.3) is 11.3 Å². The highest BCUT2D eigenvalue weighted by molar-refractivity contribution is 6.30. The molecular weight excluding hydrogens is 326 g/mol. The zero-order chi connectivity index (χ0) is 16.5. The fraction of sp³-hybridized carbons (Fsp3) is 0.167. The number of aromatic nitrogens is 2. The summed E-state index contributed by atoms with van der Waals surface area (Å²) in [7, 11) is 0. The van der Waals surface area contributed by atoms with E-state index in [1.807, 2.05) is 30.3 Å². The van der Waals surface area contributed by atoms with Crippen LogP contribution in [-0.2, 0) is 13.0 Å². The molecule has 3 heterocycles. The van der Waals surface area contributed by atoms with E-state index >= 15 is 0 Å². The third-order valence-electron chi connectivity index (χ3n) is 4.12. The molecule has 1 aromatic carbocycles. The van der Waals surface area contributed by atoms with E-state index in [4.69, 9.17) is 16.1 Å². The molecule has 0 aliphatic carbocycles. The maximum absolute atomic E-state index is 12.6. The third-order valence-corrected chi connectivity index (χ3v) is 4.37. The Morgan fingerprint density at radius 2 is 2.00 bits per heavy atom. The molecule has 0 saturated carbocycles. The summed E-state index contributed by atoms with van der Waals surface area (Å²) >= 11 is 5.95. The van der Waals surface area contributed by atoms with E-state index in [0.29, 0.717) is 30.2 Å². The highest BCUT2D eigenvalue weighted by Gasteiger charge is 2.28. The molecule has 0 radical (unpaired) electrons. The van der Waals surface area contributed by atoms with Crippen LogP contribution in [0.3, 0.4) is 0 Å². The van der Waals surface area contributed by atoms with Gasteiger partial charge >= 0.3 is 0 Å². The van der Waals surface area contributed by atoms with Crippen molar-refractivity contribution >= 4 is 17.5 Å². The maximum atomic E-state index is 12.6. The van der Waals surface area contributed by atoms with Gasteiger partial charge in [0.15, 0.2) is 0 Å². The number of amides is 1. The highest BCUT2D eigenvalue weighted by Crippen LogP contribution is 2.31. The molecule has 2 aromatic heterocycles. The van der Waals surface area contributed by atoms with Crippen LogP contribution >= 0.6 is 11.6 Å². The highest BCUT2D eigenvalue weighted by atomic mass is 35.5. The van der Waals surface area contributed by atoms with Gasteiger partial charge in [0.1, 0.15) is 17.1 Å². The Morgan fingerprint density at radius 3 is 2.75 bits per heavy atom. The van der Waals surface area contributed by atoms with Crippen LogP contribution in [0.15, 0.2) is 53.2 Å². The zero-order valence-electron chi connectivity index (χ0n) is 12.8. The first-order valence-corrected chi connectivity index (χ1v) is 8.04. The predicted octanol–water partition coefficient (Wildman–Crippen LogP) is 3.59. The van der Waals surface area contributed by atoms with Crippen molar-refractivity contribution in [2.75, 3.05) is 6.54 Å². The molecule has 4 rings (SSSR count). The lowest BCUT2D eigenvalue weighted by molar-refractivity contribution is 0.0723. The normalized spacial score (nSPS) is 13.6. The molecule has 0 N–H and O–H groups in total. The van der Waals surface area contributed by atoms with Crippen LogP contribution in [0.5, 0.6) is 0 Å². The number of carbonyl (C=O) groups is 1. The molecule has 0 saturated heterocycles. The fourth-order valence-electron chi connectivity index (χ4n) is 2.87. The number of fused-ring (bicyclic) bond motifs is 1. The smallest absolute Gasteiger partial charge is 0.272 e. The van der Waals surface area contributed by atoms with Crippen LogP contribution in [0, 0.1) is 0 Å². The Balaban J connectivity index is 1.64. The molecule has 0 fully saturated rings. The number of hydrogen-bond donors (Lipinski definition) is 0. The van der Waals surface area contributed by atoms with Crippen LogP contribution in [0.4, 0.5) is 0 Å². The number of halogens is 1. The molecule has 6 heteroatoms. The van der Waals surface area contributed by atoms with E-state index < -0.39 is 0 Å². The van der Waals surface area contributed by atoms with Gasteiger partial charge in [-0.25, -0.2) is 0 Å². The minimum absolute atomic E-state index is 0.0792. The van der Waals surface area contributed by atoms with Crippen molar-refractivity contribution in [2.45, 2.75) is 13.0 Å². The molecule has 120 valence electrons. The third kappa shape index (κ3) is 2.67. The largest absolute Gasteiger partial charge is 0.360 e. The first-order valence-electron chi connectivity index (χ1n) is 7.66. The summed E-state index contributed by atoms with van der Waals surface area (Å²) in [6.07, 6.45) is 2.27. The molecule has 0 spiro atoms. The molecule has 0 atom stereocenters. The van der Waals surface area contributed by atoms with Gasteiger partial charge in [0.05, 0.1) is 6.54 Å². The summed E-state index contributed by atoms with van der Waals surface area (Å²) < 4.78 is 5.47. The number of benzene rings is 1. The Hall–Kier alpha value is -2.66. The van der Waals surface area contributed by atoms with Gasteiger partial charge in [0, 0.05) is 35.3 Å². The number of rotatable bonds is 2. The fourth-order valence-corrected chi connectivity index (χ4v) is 2.99. The lowest BCUT2D eigenvalue weighted by atomic mass is 10.0. The molecule has 1 aliphatic rings. The van der Waals surface area contributed by atoms with Crippen LogP contribution in [0.1, 0.15) is 21.8 Å². The minimum atomic E-state index is -0.0792. The first-order chi connectivity index (χ1) is 11.7. The summed E-state index contributed by atoms with van der Waals surface area (Å²) in [5.74, 6) is 0.759. The molecule has 1 amide bonds. The number of hydrogen-bond acceptors (Lipinski definition) is 4. The van der Waals surface area contributed by atoms with Crippen molar-refractivity contribution in [3.05, 3.63) is 70.7 Å². The van der Waals surface area contributed by atoms with Gasteiger partial charge in [0.25, 0.3) is 5.91 Å². The van der Waals surface area contributed by atoms with Gasteiger partial charge in [-0.1, -0.05) is 35.0 Å².